The third-order valence-corrected chi connectivity index (χ3v) is 4.67. The number of rotatable bonds is 4. The normalized spacial score (nSPS) is 11.5. The molecule has 0 fully saturated rings. The van der Waals surface area contributed by atoms with Crippen LogP contribution in [0.2, 0.25) is 0 Å². The topological polar surface area (TPSA) is 76.5 Å². The van der Waals surface area contributed by atoms with Crippen molar-refractivity contribution in [1.82, 2.24) is 24.7 Å². The fourth-order valence-corrected chi connectivity index (χ4v) is 3.31. The number of hydrogen-bond donors (Lipinski definition) is 1. The van der Waals surface area contributed by atoms with Gasteiger partial charge in [0.05, 0.1) is 11.4 Å². The molecule has 148 valence electrons. The van der Waals surface area contributed by atoms with Gasteiger partial charge in [-0.05, 0) is 29.7 Å². The third kappa shape index (κ3) is 3.65. The summed E-state index contributed by atoms with van der Waals surface area (Å²) in [5.74, 6) is -0.709. The van der Waals surface area contributed by atoms with E-state index in [0.29, 0.717) is 34.5 Å². The highest BCUT2D eigenvalue weighted by atomic mass is 19.1. The fraction of sp³-hybridized carbons (Fsp3) is 0.238. The summed E-state index contributed by atoms with van der Waals surface area (Å²) in [5.41, 5.74) is 2.65. The zero-order valence-electron chi connectivity index (χ0n) is 16.2. The molecule has 0 bridgehead atoms. The standard InChI is InChI=1S/C21H19F2N5O/c1-11(2)19-18-20(28(3)27-19)25-17(26-21(18)29)6-12-4-5-16(24-10-12)13-7-14(22)9-15(23)8-13/h4-5,7-11H,6H2,1-3H3,(H,25,26,29). The van der Waals surface area contributed by atoms with Crippen molar-refractivity contribution in [3.05, 3.63) is 75.6 Å². The number of aromatic amines is 1. The van der Waals surface area contributed by atoms with Crippen LogP contribution in [0.1, 0.15) is 36.8 Å². The van der Waals surface area contributed by atoms with E-state index in [-0.39, 0.29) is 11.5 Å². The van der Waals surface area contributed by atoms with Crippen molar-refractivity contribution in [2.24, 2.45) is 7.05 Å². The van der Waals surface area contributed by atoms with Gasteiger partial charge in [-0.25, -0.2) is 18.4 Å². The first-order valence-electron chi connectivity index (χ1n) is 9.19. The molecule has 0 aliphatic heterocycles. The van der Waals surface area contributed by atoms with Gasteiger partial charge in [-0.15, -0.1) is 0 Å². The third-order valence-electron chi connectivity index (χ3n) is 4.67. The largest absolute Gasteiger partial charge is 0.310 e. The number of H-pyrrole nitrogens is 1. The predicted octanol–water partition coefficient (Wildman–Crippen LogP) is 3.71. The molecule has 3 aromatic heterocycles. The van der Waals surface area contributed by atoms with Gasteiger partial charge < -0.3 is 4.98 Å². The SMILES string of the molecule is CC(C)c1nn(C)c2nc(Cc3ccc(-c4cc(F)cc(F)c4)nc3)[nH]c(=O)c12. The van der Waals surface area contributed by atoms with Crippen molar-refractivity contribution >= 4 is 11.0 Å². The van der Waals surface area contributed by atoms with Crippen LogP contribution in [0.3, 0.4) is 0 Å². The minimum Gasteiger partial charge on any atom is -0.310 e. The van der Waals surface area contributed by atoms with Crippen LogP contribution in [-0.4, -0.2) is 24.7 Å². The molecule has 0 saturated carbocycles. The molecule has 0 aliphatic rings. The molecule has 0 saturated heterocycles. The molecular weight excluding hydrogens is 376 g/mol. The molecule has 4 rings (SSSR count). The Bertz CT molecular complexity index is 1240. The van der Waals surface area contributed by atoms with Gasteiger partial charge in [-0.1, -0.05) is 19.9 Å². The minimum atomic E-state index is -0.655. The number of nitrogens with one attached hydrogen (secondary N) is 1. The Kier molecular flexibility index (Phi) is 4.70. The highest BCUT2D eigenvalue weighted by Gasteiger charge is 2.17. The summed E-state index contributed by atoms with van der Waals surface area (Å²) < 4.78 is 28.4. The second-order valence-corrected chi connectivity index (χ2v) is 7.26. The lowest BCUT2D eigenvalue weighted by Crippen LogP contribution is -2.13. The van der Waals surface area contributed by atoms with Crippen LogP contribution in [0.15, 0.2) is 41.3 Å². The summed E-state index contributed by atoms with van der Waals surface area (Å²) in [4.78, 5) is 24.3. The molecule has 0 atom stereocenters. The van der Waals surface area contributed by atoms with Crippen molar-refractivity contribution < 1.29 is 8.78 Å². The molecule has 0 aliphatic carbocycles. The highest BCUT2D eigenvalue weighted by molar-refractivity contribution is 5.77. The summed E-state index contributed by atoms with van der Waals surface area (Å²) in [6, 6.07) is 6.75. The maximum absolute atomic E-state index is 13.4. The van der Waals surface area contributed by atoms with Crippen LogP contribution in [0.5, 0.6) is 0 Å². The van der Waals surface area contributed by atoms with Crippen molar-refractivity contribution in [3.63, 3.8) is 0 Å². The maximum atomic E-state index is 13.4. The van der Waals surface area contributed by atoms with E-state index in [1.165, 1.54) is 12.1 Å². The lowest BCUT2D eigenvalue weighted by atomic mass is 10.1. The maximum Gasteiger partial charge on any atom is 0.262 e. The fourth-order valence-electron chi connectivity index (χ4n) is 3.31. The first-order chi connectivity index (χ1) is 13.8. The van der Waals surface area contributed by atoms with Gasteiger partial charge in [0.1, 0.15) is 22.8 Å². The van der Waals surface area contributed by atoms with Gasteiger partial charge in [-0.2, -0.15) is 5.10 Å². The van der Waals surface area contributed by atoms with Crippen molar-refractivity contribution in [3.8, 4) is 11.3 Å². The molecule has 1 N–H and O–H groups in total. The smallest absolute Gasteiger partial charge is 0.262 e. The summed E-state index contributed by atoms with van der Waals surface area (Å²) in [7, 11) is 1.76. The summed E-state index contributed by atoms with van der Waals surface area (Å²) in [6.45, 7) is 3.96. The van der Waals surface area contributed by atoms with E-state index in [4.69, 9.17) is 0 Å². The Hall–Kier alpha value is -3.42. The van der Waals surface area contributed by atoms with E-state index in [1.54, 1.807) is 30.1 Å². The van der Waals surface area contributed by atoms with E-state index in [2.05, 4.69) is 20.1 Å². The lowest BCUT2D eigenvalue weighted by molar-refractivity contribution is 0.584. The van der Waals surface area contributed by atoms with E-state index < -0.39 is 11.6 Å². The quantitative estimate of drug-likeness (QED) is 0.572. The van der Waals surface area contributed by atoms with Gasteiger partial charge in [0.2, 0.25) is 0 Å². The minimum absolute atomic E-state index is 0.108. The van der Waals surface area contributed by atoms with E-state index in [9.17, 15) is 13.6 Å². The molecule has 0 spiro atoms. The zero-order valence-corrected chi connectivity index (χ0v) is 16.2. The Morgan fingerprint density at radius 1 is 1.14 bits per heavy atom. The van der Waals surface area contributed by atoms with Crippen molar-refractivity contribution in [2.75, 3.05) is 0 Å². The first kappa shape index (κ1) is 18.9. The number of benzene rings is 1. The Morgan fingerprint density at radius 3 is 2.48 bits per heavy atom. The molecule has 0 unspecified atom stereocenters. The van der Waals surface area contributed by atoms with Gasteiger partial charge >= 0.3 is 0 Å². The molecule has 0 amide bonds. The number of hydrogen-bond acceptors (Lipinski definition) is 4. The second kappa shape index (κ2) is 7.20. The van der Waals surface area contributed by atoms with Crippen LogP contribution in [0.25, 0.3) is 22.3 Å². The average Bonchev–Trinajstić information content (AvgIpc) is 2.99. The van der Waals surface area contributed by atoms with E-state index in [1.807, 2.05) is 13.8 Å². The molecule has 29 heavy (non-hydrogen) atoms. The van der Waals surface area contributed by atoms with Crippen molar-refractivity contribution in [1.29, 1.82) is 0 Å². The van der Waals surface area contributed by atoms with Gasteiger partial charge in [0, 0.05) is 31.3 Å². The Balaban J connectivity index is 1.65. The van der Waals surface area contributed by atoms with Crippen LogP contribution in [-0.2, 0) is 13.5 Å². The highest BCUT2D eigenvalue weighted by Crippen LogP contribution is 2.22. The number of fused-ring (bicyclic) bond motifs is 1. The molecular formula is C21H19F2N5O. The van der Waals surface area contributed by atoms with E-state index >= 15 is 0 Å². The molecule has 3 heterocycles. The van der Waals surface area contributed by atoms with E-state index in [0.717, 1.165) is 17.3 Å². The molecule has 4 aromatic rings. The van der Waals surface area contributed by atoms with Crippen LogP contribution < -0.4 is 5.56 Å². The van der Waals surface area contributed by atoms with Gasteiger partial charge in [0.25, 0.3) is 5.56 Å². The Labute approximate surface area is 165 Å². The second-order valence-electron chi connectivity index (χ2n) is 7.26. The summed E-state index contributed by atoms with van der Waals surface area (Å²) in [6.07, 6.45) is 1.96. The summed E-state index contributed by atoms with van der Waals surface area (Å²) >= 11 is 0. The number of halogens is 2. The predicted molar refractivity (Wildman–Crippen MR) is 106 cm³/mol. The number of aromatic nitrogens is 5. The average molecular weight is 395 g/mol. The molecule has 6 nitrogen and oxygen atoms in total. The molecule has 1 aromatic carbocycles. The Morgan fingerprint density at radius 2 is 1.86 bits per heavy atom. The number of aryl methyl sites for hydroxylation is 1. The molecule has 8 heteroatoms. The summed E-state index contributed by atoms with van der Waals surface area (Å²) in [5, 5.41) is 4.93. The van der Waals surface area contributed by atoms with Gasteiger partial charge in [0.15, 0.2) is 5.65 Å². The van der Waals surface area contributed by atoms with Crippen LogP contribution in [0, 0.1) is 11.6 Å². The van der Waals surface area contributed by atoms with Crippen LogP contribution in [0.4, 0.5) is 8.78 Å². The van der Waals surface area contributed by atoms with Crippen molar-refractivity contribution in [2.45, 2.75) is 26.2 Å². The number of pyridine rings is 1. The van der Waals surface area contributed by atoms with Gasteiger partial charge in [-0.3, -0.25) is 9.78 Å². The monoisotopic (exact) mass is 395 g/mol. The molecule has 0 radical (unpaired) electrons. The lowest BCUT2D eigenvalue weighted by Gasteiger charge is -2.05. The zero-order chi connectivity index (χ0) is 20.7. The number of nitrogens with zero attached hydrogens (tertiary/aromatic N) is 4. The van der Waals surface area contributed by atoms with Crippen LogP contribution >= 0.6 is 0 Å². The first-order valence-corrected chi connectivity index (χ1v) is 9.19.